The number of H-pyrrole nitrogens is 1. The Bertz CT molecular complexity index is 949. The van der Waals surface area contributed by atoms with E-state index in [1.165, 1.54) is 37.1 Å². The number of hydrogen-bond donors (Lipinski definition) is 2. The molecule has 152 valence electrons. The van der Waals surface area contributed by atoms with Crippen LogP contribution in [0.1, 0.15) is 29.9 Å². The predicted molar refractivity (Wildman–Crippen MR) is 118 cm³/mol. The topological polar surface area (TPSA) is 65.6 Å². The summed E-state index contributed by atoms with van der Waals surface area (Å²) in [5, 5.41) is 9.83. The first-order chi connectivity index (χ1) is 14.2. The standard InChI is InChI=1S/C23H26N2O3S/c26-23(27)28-20-6-7-22-21(14-20)19(15-24-22)16-29-13-12-25-10-8-18(9-11-25)17-4-2-1-3-5-17/h1-7,14-15,18,24H,8-13,16H2,(H,26,27). The van der Waals surface area contributed by atoms with Crippen LogP contribution in [-0.4, -0.2) is 46.5 Å². The number of nitrogens with one attached hydrogen (secondary N) is 1. The summed E-state index contributed by atoms with van der Waals surface area (Å²) in [7, 11) is 0. The van der Waals surface area contributed by atoms with E-state index >= 15 is 0 Å². The minimum Gasteiger partial charge on any atom is -0.449 e. The molecule has 1 aliphatic rings. The van der Waals surface area contributed by atoms with Crippen molar-refractivity contribution in [1.29, 1.82) is 0 Å². The first kappa shape index (κ1) is 19.9. The molecule has 5 nitrogen and oxygen atoms in total. The number of nitrogens with zero attached hydrogens (tertiary/aromatic N) is 1. The van der Waals surface area contributed by atoms with Gasteiger partial charge in [0.15, 0.2) is 0 Å². The van der Waals surface area contributed by atoms with Crippen molar-refractivity contribution in [3.05, 3.63) is 65.9 Å². The van der Waals surface area contributed by atoms with Gasteiger partial charge < -0.3 is 19.7 Å². The number of carbonyl (C=O) groups is 1. The molecule has 4 rings (SSSR count). The van der Waals surface area contributed by atoms with E-state index in [9.17, 15) is 4.79 Å². The van der Waals surface area contributed by atoms with Crippen molar-refractivity contribution in [2.45, 2.75) is 24.5 Å². The molecule has 29 heavy (non-hydrogen) atoms. The summed E-state index contributed by atoms with van der Waals surface area (Å²) < 4.78 is 4.78. The molecule has 1 aromatic heterocycles. The van der Waals surface area contributed by atoms with Crippen molar-refractivity contribution in [2.24, 2.45) is 0 Å². The molecule has 1 aliphatic heterocycles. The van der Waals surface area contributed by atoms with Crippen LogP contribution in [0.5, 0.6) is 5.75 Å². The number of carboxylic acid groups (broad SMARTS) is 1. The average Bonchev–Trinajstić information content (AvgIpc) is 3.14. The number of piperidine rings is 1. The fraction of sp³-hybridized carbons (Fsp3) is 0.348. The molecule has 0 radical (unpaired) electrons. The lowest BCUT2D eigenvalue weighted by atomic mass is 9.89. The van der Waals surface area contributed by atoms with E-state index in [1.54, 1.807) is 12.1 Å². The Morgan fingerprint density at radius 1 is 1.17 bits per heavy atom. The molecular weight excluding hydrogens is 384 g/mol. The number of thioether (sulfide) groups is 1. The Morgan fingerprint density at radius 2 is 1.97 bits per heavy atom. The molecule has 0 spiro atoms. The van der Waals surface area contributed by atoms with Crippen LogP contribution < -0.4 is 4.74 Å². The molecule has 3 aromatic rings. The summed E-state index contributed by atoms with van der Waals surface area (Å²) in [5.41, 5.74) is 3.66. The van der Waals surface area contributed by atoms with E-state index < -0.39 is 6.16 Å². The van der Waals surface area contributed by atoms with Crippen LogP contribution in [0.3, 0.4) is 0 Å². The van der Waals surface area contributed by atoms with Crippen LogP contribution in [-0.2, 0) is 5.75 Å². The molecular formula is C23H26N2O3S. The number of ether oxygens (including phenoxy) is 1. The van der Waals surface area contributed by atoms with E-state index in [-0.39, 0.29) is 0 Å². The third-order valence-electron chi connectivity index (χ3n) is 5.61. The second kappa shape index (κ2) is 9.37. The highest BCUT2D eigenvalue weighted by molar-refractivity contribution is 7.98. The fourth-order valence-electron chi connectivity index (χ4n) is 4.03. The van der Waals surface area contributed by atoms with Crippen LogP contribution in [0, 0.1) is 0 Å². The van der Waals surface area contributed by atoms with Crippen LogP contribution in [0.4, 0.5) is 4.79 Å². The predicted octanol–water partition coefficient (Wildman–Crippen LogP) is 5.34. The summed E-state index contributed by atoms with van der Waals surface area (Å²) in [5.74, 6) is 3.05. The number of aromatic nitrogens is 1. The van der Waals surface area contributed by atoms with Crippen molar-refractivity contribution < 1.29 is 14.6 Å². The van der Waals surface area contributed by atoms with Gasteiger partial charge in [-0.1, -0.05) is 30.3 Å². The Morgan fingerprint density at radius 3 is 2.72 bits per heavy atom. The van der Waals surface area contributed by atoms with E-state index in [0.717, 1.165) is 29.0 Å². The van der Waals surface area contributed by atoms with Crippen LogP contribution in [0.2, 0.25) is 0 Å². The van der Waals surface area contributed by atoms with Crippen LogP contribution in [0.15, 0.2) is 54.7 Å². The third kappa shape index (κ3) is 5.14. The van der Waals surface area contributed by atoms with Gasteiger partial charge in [0.1, 0.15) is 5.75 Å². The molecule has 0 atom stereocenters. The second-order valence-electron chi connectivity index (χ2n) is 7.47. The van der Waals surface area contributed by atoms with Crippen molar-refractivity contribution in [1.82, 2.24) is 9.88 Å². The maximum Gasteiger partial charge on any atom is 0.511 e. The van der Waals surface area contributed by atoms with Crippen molar-refractivity contribution in [2.75, 3.05) is 25.4 Å². The largest absolute Gasteiger partial charge is 0.511 e. The lowest BCUT2D eigenvalue weighted by Crippen LogP contribution is -2.34. The summed E-state index contributed by atoms with van der Waals surface area (Å²) in [4.78, 5) is 16.6. The number of likely N-dealkylation sites (tertiary alicyclic amines) is 1. The van der Waals surface area contributed by atoms with Gasteiger partial charge in [0.05, 0.1) is 0 Å². The Kier molecular flexibility index (Phi) is 6.42. The molecule has 0 bridgehead atoms. The van der Waals surface area contributed by atoms with Crippen molar-refractivity contribution >= 4 is 28.8 Å². The second-order valence-corrected chi connectivity index (χ2v) is 8.57. The van der Waals surface area contributed by atoms with E-state index in [0.29, 0.717) is 11.7 Å². The summed E-state index contributed by atoms with van der Waals surface area (Å²) in [6.45, 7) is 3.45. The quantitative estimate of drug-likeness (QED) is 0.313. The Hall–Kier alpha value is -2.44. The highest BCUT2D eigenvalue weighted by Gasteiger charge is 2.20. The van der Waals surface area contributed by atoms with Gasteiger partial charge in [-0.25, -0.2) is 4.79 Å². The third-order valence-corrected chi connectivity index (χ3v) is 6.60. The van der Waals surface area contributed by atoms with E-state index in [1.807, 2.05) is 24.0 Å². The van der Waals surface area contributed by atoms with Gasteiger partial charge in [-0.15, -0.1) is 0 Å². The number of hydrogen-bond acceptors (Lipinski definition) is 4. The Balaban J connectivity index is 1.23. The van der Waals surface area contributed by atoms with Crippen molar-refractivity contribution in [3.63, 3.8) is 0 Å². The zero-order valence-electron chi connectivity index (χ0n) is 16.3. The molecule has 0 amide bonds. The molecule has 0 unspecified atom stereocenters. The smallest absolute Gasteiger partial charge is 0.449 e. The lowest BCUT2D eigenvalue weighted by molar-refractivity contribution is 0.144. The molecule has 2 N–H and O–H groups in total. The van der Waals surface area contributed by atoms with Gasteiger partial charge >= 0.3 is 6.16 Å². The van der Waals surface area contributed by atoms with Crippen LogP contribution >= 0.6 is 11.8 Å². The summed E-state index contributed by atoms with van der Waals surface area (Å²) in [6, 6.07) is 16.2. The van der Waals surface area contributed by atoms with Gasteiger partial charge in [0.25, 0.3) is 0 Å². The average molecular weight is 411 g/mol. The fourth-order valence-corrected chi connectivity index (χ4v) is 5.02. The first-order valence-electron chi connectivity index (χ1n) is 10.0. The molecule has 2 heterocycles. The molecule has 2 aromatic carbocycles. The number of rotatable bonds is 7. The first-order valence-corrected chi connectivity index (χ1v) is 11.2. The minimum absolute atomic E-state index is 0.358. The van der Waals surface area contributed by atoms with Gasteiger partial charge in [-0.3, -0.25) is 0 Å². The maximum absolute atomic E-state index is 10.8. The van der Waals surface area contributed by atoms with E-state index in [2.05, 4.69) is 40.2 Å². The zero-order chi connectivity index (χ0) is 20.1. The lowest BCUT2D eigenvalue weighted by Gasteiger charge is -2.32. The summed E-state index contributed by atoms with van der Waals surface area (Å²) >= 11 is 1.92. The molecule has 1 fully saturated rings. The van der Waals surface area contributed by atoms with Crippen LogP contribution in [0.25, 0.3) is 10.9 Å². The van der Waals surface area contributed by atoms with Gasteiger partial charge in [0, 0.05) is 35.2 Å². The SMILES string of the molecule is O=C(O)Oc1ccc2[nH]cc(CSCCN3CCC(c4ccccc4)CC3)c2c1. The highest BCUT2D eigenvalue weighted by Crippen LogP contribution is 2.29. The molecule has 1 saturated heterocycles. The zero-order valence-corrected chi connectivity index (χ0v) is 17.2. The summed E-state index contributed by atoms with van der Waals surface area (Å²) in [6.07, 6.45) is 3.20. The minimum atomic E-state index is -1.29. The van der Waals surface area contributed by atoms with Gasteiger partial charge in [0.2, 0.25) is 0 Å². The van der Waals surface area contributed by atoms with Gasteiger partial charge in [-0.2, -0.15) is 11.8 Å². The number of fused-ring (bicyclic) bond motifs is 1. The molecule has 0 saturated carbocycles. The normalized spacial score (nSPS) is 15.6. The molecule has 0 aliphatic carbocycles. The van der Waals surface area contributed by atoms with E-state index in [4.69, 9.17) is 9.84 Å². The number of benzene rings is 2. The highest BCUT2D eigenvalue weighted by atomic mass is 32.2. The Labute approximate surface area is 175 Å². The maximum atomic E-state index is 10.8. The van der Waals surface area contributed by atoms with Crippen molar-refractivity contribution in [3.8, 4) is 5.75 Å². The number of aromatic amines is 1. The monoisotopic (exact) mass is 410 g/mol. The van der Waals surface area contributed by atoms with Gasteiger partial charge in [-0.05, 0) is 61.2 Å². The molecule has 6 heteroatoms.